The molecule has 0 bridgehead atoms. The van der Waals surface area contributed by atoms with Crippen molar-refractivity contribution >= 4 is 27.8 Å². The quantitative estimate of drug-likeness (QED) is 0.385. The summed E-state index contributed by atoms with van der Waals surface area (Å²) < 4.78 is 38.6. The molecule has 0 spiro atoms. The van der Waals surface area contributed by atoms with Crippen molar-refractivity contribution in [3.05, 3.63) is 53.7 Å². The highest BCUT2D eigenvalue weighted by Crippen LogP contribution is 2.35. The lowest BCUT2D eigenvalue weighted by atomic mass is 10.00. The maximum Gasteiger partial charge on any atom is 0.417 e. The Hall–Kier alpha value is -1.56. The van der Waals surface area contributed by atoms with Crippen LogP contribution in [-0.2, 0) is 6.18 Å². The molecule has 2 N–H and O–H groups in total. The first-order chi connectivity index (χ1) is 8.90. The van der Waals surface area contributed by atoms with Gasteiger partial charge in [-0.2, -0.15) is 13.2 Å². The predicted molar refractivity (Wildman–Crippen MR) is 75.0 cm³/mol. The minimum atomic E-state index is -4.42. The molecule has 0 aliphatic heterocycles. The third kappa shape index (κ3) is 4.24. The fourth-order valence-corrected chi connectivity index (χ4v) is 1.80. The minimum absolute atomic E-state index is 0.0284. The Balaban J connectivity index is 3.21. The van der Waals surface area contributed by atoms with E-state index in [4.69, 9.17) is 5.73 Å². The summed E-state index contributed by atoms with van der Waals surface area (Å²) in [7, 11) is 0. The fraction of sp³-hybridized carbons (Fsp3) is 0.154. The van der Waals surface area contributed by atoms with Crippen molar-refractivity contribution in [2.45, 2.75) is 6.18 Å². The zero-order chi connectivity index (χ0) is 14.5. The van der Waals surface area contributed by atoms with Gasteiger partial charge in [0.15, 0.2) is 0 Å². The number of nitrogens with two attached hydrogens (primary N) is 1. The van der Waals surface area contributed by atoms with Gasteiger partial charge in [0.2, 0.25) is 0 Å². The second kappa shape index (κ2) is 6.56. The molecule has 0 aliphatic carbocycles. The van der Waals surface area contributed by atoms with Crippen LogP contribution in [0.3, 0.4) is 0 Å². The molecule has 0 atom stereocenters. The highest BCUT2D eigenvalue weighted by atomic mass is 79.9. The Morgan fingerprint density at radius 2 is 2.00 bits per heavy atom. The zero-order valence-corrected chi connectivity index (χ0v) is 11.5. The Morgan fingerprint density at radius 3 is 2.53 bits per heavy atom. The average Bonchev–Trinajstić information content (AvgIpc) is 2.37. The molecular weight excluding hydrogens is 321 g/mol. The third-order valence-electron chi connectivity index (χ3n) is 2.30. The molecule has 1 rings (SSSR count). The summed E-state index contributed by atoms with van der Waals surface area (Å²) in [4.78, 5) is 3.82. The molecule has 0 saturated heterocycles. The molecular formula is C13H12BrF3N2. The van der Waals surface area contributed by atoms with Gasteiger partial charge >= 0.3 is 6.18 Å². The third-order valence-corrected chi connectivity index (χ3v) is 2.87. The Kier molecular flexibility index (Phi) is 5.35. The predicted octanol–water partition coefficient (Wildman–Crippen LogP) is 3.98. The van der Waals surface area contributed by atoms with E-state index in [0.717, 1.165) is 12.4 Å². The molecule has 1 aromatic carbocycles. The Bertz CT molecular complexity index is 519. The van der Waals surface area contributed by atoms with Gasteiger partial charge in [0, 0.05) is 5.33 Å². The number of nitrogens with zero attached hydrogens (tertiary/aromatic N) is 1. The van der Waals surface area contributed by atoms with Gasteiger partial charge in [-0.1, -0.05) is 40.7 Å². The van der Waals surface area contributed by atoms with E-state index in [-0.39, 0.29) is 11.1 Å². The number of allylic oxidation sites excluding steroid dienone is 3. The number of hydrogen-bond donors (Lipinski definition) is 1. The smallest absolute Gasteiger partial charge is 0.390 e. The number of benzene rings is 1. The van der Waals surface area contributed by atoms with Crippen LogP contribution in [0.1, 0.15) is 11.1 Å². The molecule has 0 heterocycles. The lowest BCUT2D eigenvalue weighted by Crippen LogP contribution is -2.08. The van der Waals surface area contributed by atoms with Crippen molar-refractivity contribution in [3.8, 4) is 0 Å². The van der Waals surface area contributed by atoms with E-state index in [9.17, 15) is 13.2 Å². The molecule has 0 aliphatic rings. The van der Waals surface area contributed by atoms with Crippen LogP contribution >= 0.6 is 15.9 Å². The van der Waals surface area contributed by atoms with Crippen LogP contribution in [0.2, 0.25) is 0 Å². The minimum Gasteiger partial charge on any atom is -0.390 e. The van der Waals surface area contributed by atoms with Gasteiger partial charge in [0.05, 0.1) is 17.6 Å². The summed E-state index contributed by atoms with van der Waals surface area (Å²) >= 11 is 3.17. The van der Waals surface area contributed by atoms with Crippen LogP contribution in [0, 0.1) is 0 Å². The molecule has 2 nitrogen and oxygen atoms in total. The van der Waals surface area contributed by atoms with Crippen LogP contribution in [0.15, 0.2) is 47.6 Å². The normalized spacial score (nSPS) is 12.9. The van der Waals surface area contributed by atoms with E-state index >= 15 is 0 Å². The molecule has 0 unspecified atom stereocenters. The van der Waals surface area contributed by atoms with Crippen LogP contribution in [0.5, 0.6) is 0 Å². The maximum atomic E-state index is 12.9. The topological polar surface area (TPSA) is 38.4 Å². The van der Waals surface area contributed by atoms with Gasteiger partial charge in [0.25, 0.3) is 0 Å². The lowest BCUT2D eigenvalue weighted by molar-refractivity contribution is -0.137. The Morgan fingerprint density at radius 1 is 1.37 bits per heavy atom. The summed E-state index contributed by atoms with van der Waals surface area (Å²) in [5, 5.41) is 0.369. The maximum absolute atomic E-state index is 12.9. The highest BCUT2D eigenvalue weighted by Gasteiger charge is 2.33. The lowest BCUT2D eigenvalue weighted by Gasteiger charge is -2.12. The monoisotopic (exact) mass is 332 g/mol. The van der Waals surface area contributed by atoms with Gasteiger partial charge in [0.1, 0.15) is 0 Å². The number of rotatable bonds is 4. The van der Waals surface area contributed by atoms with E-state index in [1.54, 1.807) is 0 Å². The molecule has 6 heteroatoms. The average molecular weight is 333 g/mol. The van der Waals surface area contributed by atoms with Crippen molar-refractivity contribution in [1.82, 2.24) is 0 Å². The van der Waals surface area contributed by atoms with Crippen molar-refractivity contribution in [3.63, 3.8) is 0 Å². The molecule has 0 fully saturated rings. The number of hydrogen-bond acceptors (Lipinski definition) is 1. The second-order valence-corrected chi connectivity index (χ2v) is 4.18. The molecule has 1 aromatic rings. The van der Waals surface area contributed by atoms with Crippen molar-refractivity contribution < 1.29 is 13.2 Å². The van der Waals surface area contributed by atoms with Crippen LogP contribution in [0.4, 0.5) is 13.2 Å². The van der Waals surface area contributed by atoms with E-state index in [0.29, 0.717) is 11.0 Å². The summed E-state index contributed by atoms with van der Waals surface area (Å²) in [6.45, 7) is 3.66. The molecule has 102 valence electrons. The first-order valence-corrected chi connectivity index (χ1v) is 6.38. The largest absolute Gasteiger partial charge is 0.417 e. The van der Waals surface area contributed by atoms with E-state index in [1.807, 2.05) is 0 Å². The molecule has 0 amide bonds. The molecule has 0 radical (unpaired) electrons. The summed E-state index contributed by atoms with van der Waals surface area (Å²) in [5.41, 5.74) is 5.18. The molecule has 19 heavy (non-hydrogen) atoms. The van der Waals surface area contributed by atoms with Gasteiger partial charge in [-0.25, -0.2) is 4.99 Å². The second-order valence-electron chi connectivity index (χ2n) is 3.62. The van der Waals surface area contributed by atoms with Crippen molar-refractivity contribution in [1.29, 1.82) is 0 Å². The van der Waals surface area contributed by atoms with E-state index in [1.165, 1.54) is 24.3 Å². The van der Waals surface area contributed by atoms with Gasteiger partial charge in [-0.05, 0) is 23.3 Å². The van der Waals surface area contributed by atoms with Gasteiger partial charge in [-0.3, -0.25) is 0 Å². The first-order valence-electron chi connectivity index (χ1n) is 5.26. The number of aliphatic imine (C=N–C) groups is 1. The molecule has 0 aromatic heterocycles. The van der Waals surface area contributed by atoms with E-state index in [2.05, 4.69) is 27.5 Å². The van der Waals surface area contributed by atoms with Crippen molar-refractivity contribution in [2.24, 2.45) is 10.7 Å². The van der Waals surface area contributed by atoms with E-state index < -0.39 is 11.7 Å². The summed E-state index contributed by atoms with van der Waals surface area (Å²) in [6.07, 6.45) is -1.88. The highest BCUT2D eigenvalue weighted by molar-refractivity contribution is 9.09. The number of alkyl halides is 4. The standard InChI is InChI=1S/C13H12BrF3N2/c1-9(6-10(7-14)19-8-18)11-4-2-3-5-12(11)13(15,16)17/h2-6,8H,1,7H2,(H2,18,19)/b10-6-. The van der Waals surface area contributed by atoms with Gasteiger partial charge in [-0.15, -0.1) is 0 Å². The van der Waals surface area contributed by atoms with Crippen molar-refractivity contribution in [2.75, 3.05) is 5.33 Å². The fourth-order valence-electron chi connectivity index (χ4n) is 1.50. The van der Waals surface area contributed by atoms with Gasteiger partial charge < -0.3 is 5.73 Å². The van der Waals surface area contributed by atoms with Crippen LogP contribution in [0.25, 0.3) is 5.57 Å². The van der Waals surface area contributed by atoms with Crippen LogP contribution < -0.4 is 5.73 Å². The SMILES string of the molecule is C=C(/C=C(CBr)\N=C/N)c1ccccc1C(F)(F)F. The summed E-state index contributed by atoms with van der Waals surface area (Å²) in [5.74, 6) is 0. The Labute approximate surface area is 117 Å². The van der Waals surface area contributed by atoms with Crippen LogP contribution in [-0.4, -0.2) is 11.7 Å². The summed E-state index contributed by atoms with van der Waals surface area (Å²) in [6, 6.07) is 5.27. The number of halogens is 4. The first kappa shape index (κ1) is 15.5. The zero-order valence-electron chi connectivity index (χ0n) is 9.91. The molecule has 0 saturated carbocycles.